The van der Waals surface area contributed by atoms with Crippen molar-refractivity contribution in [1.29, 1.82) is 0 Å². The third-order valence-electron chi connectivity index (χ3n) is 3.15. The Bertz CT molecular complexity index is 455. The Hall–Kier alpha value is -1.62. The molecule has 1 atom stereocenters. The molecular formula is C14H16FO4-. The lowest BCUT2D eigenvalue weighted by Gasteiger charge is -2.20. The smallest absolute Gasteiger partial charge is 0.197 e. The van der Waals surface area contributed by atoms with Crippen LogP contribution in [0.1, 0.15) is 43.0 Å². The minimum atomic E-state index is -1.37. The van der Waals surface area contributed by atoms with Crippen LogP contribution in [-0.4, -0.2) is 18.4 Å². The summed E-state index contributed by atoms with van der Waals surface area (Å²) >= 11 is 0. The Kier molecular flexibility index (Phi) is 4.37. The predicted octanol–water partition coefficient (Wildman–Crippen LogP) is 1.87. The van der Waals surface area contributed by atoms with Crippen molar-refractivity contribution < 1.29 is 23.8 Å². The van der Waals surface area contributed by atoms with Crippen LogP contribution in [0.4, 0.5) is 4.39 Å². The number of halogens is 1. The van der Waals surface area contributed by atoms with Gasteiger partial charge in [0.2, 0.25) is 0 Å². The fraction of sp³-hybridized carbons (Fsp3) is 0.500. The quantitative estimate of drug-likeness (QED) is 0.764. The number of carbonyl (C=O) groups is 1. The highest BCUT2D eigenvalue weighted by Crippen LogP contribution is 2.24. The van der Waals surface area contributed by atoms with Crippen molar-refractivity contribution in [3.63, 3.8) is 0 Å². The van der Waals surface area contributed by atoms with Crippen molar-refractivity contribution in [2.75, 3.05) is 0 Å². The molecule has 0 amide bonds. The van der Waals surface area contributed by atoms with Gasteiger partial charge in [0, 0.05) is 5.56 Å². The molecule has 5 heteroatoms. The highest BCUT2D eigenvalue weighted by atomic mass is 19.1. The van der Waals surface area contributed by atoms with E-state index in [0.29, 0.717) is 0 Å². The molecule has 0 bridgehead atoms. The van der Waals surface area contributed by atoms with Crippen molar-refractivity contribution in [3.05, 3.63) is 29.6 Å². The van der Waals surface area contributed by atoms with E-state index in [1.54, 1.807) is 6.92 Å². The summed E-state index contributed by atoms with van der Waals surface area (Å²) in [5.41, 5.74) is -0.121. The molecule has 1 aromatic carbocycles. The first-order valence-electron chi connectivity index (χ1n) is 6.39. The van der Waals surface area contributed by atoms with Gasteiger partial charge in [-0.05, 0) is 38.0 Å². The molecule has 0 N–H and O–H groups in total. The largest absolute Gasteiger partial charge is 0.545 e. The summed E-state index contributed by atoms with van der Waals surface area (Å²) in [6.45, 7) is 1.67. The molecule has 0 aromatic heterocycles. The molecule has 19 heavy (non-hydrogen) atoms. The van der Waals surface area contributed by atoms with Gasteiger partial charge in [0.25, 0.3) is 0 Å². The summed E-state index contributed by atoms with van der Waals surface area (Å²) in [4.78, 5) is 10.7. The lowest BCUT2D eigenvalue weighted by atomic mass is 10.2. The van der Waals surface area contributed by atoms with Gasteiger partial charge >= 0.3 is 0 Å². The molecule has 1 fully saturated rings. The van der Waals surface area contributed by atoms with Gasteiger partial charge in [-0.25, -0.2) is 4.39 Å². The van der Waals surface area contributed by atoms with Gasteiger partial charge in [0.15, 0.2) is 17.9 Å². The first-order chi connectivity index (χ1) is 9.06. The first kappa shape index (κ1) is 13.8. The standard InChI is InChI=1S/C14H17FO4/c1-9(18-11-4-2-3-5-11)19-13-8-10(14(16)17)6-7-12(13)15/h6-9,11H,2-5H2,1H3,(H,16,17)/p-1. The van der Waals surface area contributed by atoms with Crippen LogP contribution in [0.25, 0.3) is 0 Å². The minimum Gasteiger partial charge on any atom is -0.545 e. The van der Waals surface area contributed by atoms with E-state index < -0.39 is 18.1 Å². The van der Waals surface area contributed by atoms with Crippen LogP contribution in [0.2, 0.25) is 0 Å². The van der Waals surface area contributed by atoms with Crippen LogP contribution in [0, 0.1) is 5.82 Å². The molecule has 0 heterocycles. The molecule has 0 saturated heterocycles. The van der Waals surface area contributed by atoms with E-state index >= 15 is 0 Å². The number of benzene rings is 1. The average molecular weight is 267 g/mol. The normalized spacial score (nSPS) is 17.4. The van der Waals surface area contributed by atoms with Crippen molar-refractivity contribution in [2.45, 2.75) is 45.0 Å². The van der Waals surface area contributed by atoms with Crippen LogP contribution >= 0.6 is 0 Å². The van der Waals surface area contributed by atoms with E-state index in [2.05, 4.69) is 0 Å². The second-order valence-corrected chi connectivity index (χ2v) is 4.66. The maximum atomic E-state index is 13.5. The number of carbonyl (C=O) groups excluding carboxylic acids is 1. The minimum absolute atomic E-state index is 0.121. The summed E-state index contributed by atoms with van der Waals surface area (Å²) in [7, 11) is 0. The van der Waals surface area contributed by atoms with Gasteiger partial charge in [-0.1, -0.05) is 12.8 Å². The number of carboxylic acids is 1. The zero-order valence-corrected chi connectivity index (χ0v) is 10.7. The SMILES string of the molecule is CC(Oc1cc(C(=O)[O-])ccc1F)OC1CCCC1. The Morgan fingerprint density at radius 3 is 2.74 bits per heavy atom. The lowest BCUT2D eigenvalue weighted by molar-refractivity contribution is -0.255. The van der Waals surface area contributed by atoms with E-state index in [0.717, 1.165) is 43.9 Å². The summed E-state index contributed by atoms with van der Waals surface area (Å²) in [6, 6.07) is 3.29. The Morgan fingerprint density at radius 1 is 1.42 bits per heavy atom. The zero-order valence-electron chi connectivity index (χ0n) is 10.7. The second-order valence-electron chi connectivity index (χ2n) is 4.66. The van der Waals surface area contributed by atoms with Crippen LogP contribution in [0.3, 0.4) is 0 Å². The Balaban J connectivity index is 2.00. The molecule has 2 rings (SSSR count). The molecule has 0 radical (unpaired) electrons. The van der Waals surface area contributed by atoms with Crippen molar-refractivity contribution in [1.82, 2.24) is 0 Å². The molecule has 1 aromatic rings. The summed E-state index contributed by atoms with van der Waals surface area (Å²) < 4.78 is 24.4. The number of hydrogen-bond acceptors (Lipinski definition) is 4. The molecular weight excluding hydrogens is 251 g/mol. The van der Waals surface area contributed by atoms with Crippen molar-refractivity contribution in [3.8, 4) is 5.75 Å². The van der Waals surface area contributed by atoms with E-state index in [9.17, 15) is 14.3 Å². The highest BCUT2D eigenvalue weighted by molar-refractivity contribution is 5.86. The molecule has 0 aliphatic heterocycles. The fourth-order valence-electron chi connectivity index (χ4n) is 2.22. The molecule has 0 spiro atoms. The first-order valence-corrected chi connectivity index (χ1v) is 6.39. The molecule has 4 nitrogen and oxygen atoms in total. The van der Waals surface area contributed by atoms with Crippen LogP contribution in [-0.2, 0) is 4.74 Å². The maximum absolute atomic E-state index is 13.5. The lowest BCUT2D eigenvalue weighted by Crippen LogP contribution is -2.24. The number of rotatable bonds is 5. The Morgan fingerprint density at radius 2 is 2.11 bits per heavy atom. The van der Waals surface area contributed by atoms with Gasteiger partial charge in [0.1, 0.15) is 0 Å². The number of aromatic carboxylic acids is 1. The fourth-order valence-corrected chi connectivity index (χ4v) is 2.22. The van der Waals surface area contributed by atoms with E-state index in [1.807, 2.05) is 0 Å². The van der Waals surface area contributed by atoms with Crippen LogP contribution < -0.4 is 9.84 Å². The molecule has 104 valence electrons. The Labute approximate surface area is 111 Å². The maximum Gasteiger partial charge on any atom is 0.197 e. The predicted molar refractivity (Wildman–Crippen MR) is 64.2 cm³/mol. The van der Waals surface area contributed by atoms with Crippen LogP contribution in [0.5, 0.6) is 5.75 Å². The van der Waals surface area contributed by atoms with Gasteiger partial charge < -0.3 is 19.4 Å². The second kappa shape index (κ2) is 6.02. The van der Waals surface area contributed by atoms with E-state index in [1.165, 1.54) is 0 Å². The van der Waals surface area contributed by atoms with E-state index in [4.69, 9.17) is 9.47 Å². The third kappa shape index (κ3) is 3.67. The zero-order chi connectivity index (χ0) is 13.8. The van der Waals surface area contributed by atoms with Gasteiger partial charge in [0.05, 0.1) is 12.1 Å². The number of carboxylic acid groups (broad SMARTS) is 1. The summed E-state index contributed by atoms with van der Waals surface area (Å²) in [5, 5.41) is 10.7. The molecule has 1 aliphatic carbocycles. The van der Waals surface area contributed by atoms with Gasteiger partial charge in [-0.2, -0.15) is 0 Å². The number of hydrogen-bond donors (Lipinski definition) is 0. The van der Waals surface area contributed by atoms with Crippen LogP contribution in [0.15, 0.2) is 18.2 Å². The molecule has 1 aliphatic rings. The monoisotopic (exact) mass is 267 g/mol. The molecule has 1 saturated carbocycles. The van der Waals surface area contributed by atoms with Crippen molar-refractivity contribution >= 4 is 5.97 Å². The van der Waals surface area contributed by atoms with Gasteiger partial charge in [-0.15, -0.1) is 0 Å². The van der Waals surface area contributed by atoms with Gasteiger partial charge in [-0.3, -0.25) is 0 Å². The number of ether oxygens (including phenoxy) is 2. The summed E-state index contributed by atoms with van der Waals surface area (Å²) in [5.74, 6) is -2.12. The molecule has 1 unspecified atom stereocenters. The van der Waals surface area contributed by atoms with Crippen molar-refractivity contribution in [2.24, 2.45) is 0 Å². The summed E-state index contributed by atoms with van der Waals surface area (Å²) in [6.07, 6.45) is 3.75. The topological polar surface area (TPSA) is 58.6 Å². The third-order valence-corrected chi connectivity index (χ3v) is 3.15. The average Bonchev–Trinajstić information content (AvgIpc) is 2.84. The van der Waals surface area contributed by atoms with E-state index in [-0.39, 0.29) is 17.4 Å². The highest BCUT2D eigenvalue weighted by Gasteiger charge is 2.19.